The van der Waals surface area contributed by atoms with Crippen LogP contribution in [0.5, 0.6) is 0 Å². The van der Waals surface area contributed by atoms with Gasteiger partial charge in [0.2, 0.25) is 0 Å². The molecule has 6 nitrogen and oxygen atoms in total. The summed E-state index contributed by atoms with van der Waals surface area (Å²) in [6, 6.07) is 0.188. The molecule has 0 aliphatic heterocycles. The highest BCUT2D eigenvalue weighted by molar-refractivity contribution is 5.38. The van der Waals surface area contributed by atoms with Gasteiger partial charge in [-0.05, 0) is 0 Å². The van der Waals surface area contributed by atoms with Crippen molar-refractivity contribution in [3.05, 3.63) is 24.4 Å². The fourth-order valence-electron chi connectivity index (χ4n) is 1.11. The lowest BCUT2D eigenvalue weighted by atomic mass is 10.4. The van der Waals surface area contributed by atoms with Crippen LogP contribution >= 0.6 is 0 Å². The Morgan fingerprint density at radius 1 is 1.57 bits per heavy atom. The molecular weight excluding hydrogens is 182 g/mol. The summed E-state index contributed by atoms with van der Waals surface area (Å²) in [7, 11) is 1.86. The third kappa shape index (κ3) is 1.85. The van der Waals surface area contributed by atoms with Gasteiger partial charge in [0.15, 0.2) is 0 Å². The number of hydrogen-bond acceptors (Lipinski definition) is 5. The molecule has 74 valence electrons. The van der Waals surface area contributed by atoms with Gasteiger partial charge in [-0.1, -0.05) is 0 Å². The van der Waals surface area contributed by atoms with Crippen molar-refractivity contribution < 1.29 is 4.42 Å². The molecule has 2 rings (SSSR count). The molecule has 6 heteroatoms. The second-order valence-corrected chi connectivity index (χ2v) is 2.92. The van der Waals surface area contributed by atoms with Crippen LogP contribution in [-0.4, -0.2) is 14.8 Å². The Balaban J connectivity index is 1.94. The summed E-state index contributed by atoms with van der Waals surface area (Å²) < 4.78 is 6.81. The van der Waals surface area contributed by atoms with Crippen molar-refractivity contribution >= 4 is 11.7 Å². The Morgan fingerprint density at radius 3 is 3.00 bits per heavy atom. The zero-order valence-corrected chi connectivity index (χ0v) is 7.77. The van der Waals surface area contributed by atoms with Gasteiger partial charge >= 0.3 is 0 Å². The Labute approximate surface area is 80.7 Å². The first-order chi connectivity index (χ1) is 6.74. The monoisotopic (exact) mass is 193 g/mol. The Kier molecular flexibility index (Phi) is 2.10. The minimum absolute atomic E-state index is 0.188. The minimum atomic E-state index is 0.188. The lowest BCUT2D eigenvalue weighted by molar-refractivity contribution is 0.531. The molecule has 2 aromatic rings. The van der Waals surface area contributed by atoms with Crippen LogP contribution in [0, 0.1) is 0 Å². The van der Waals surface area contributed by atoms with Crippen molar-refractivity contribution in [3.8, 4) is 0 Å². The number of nitrogens with two attached hydrogens (primary N) is 1. The van der Waals surface area contributed by atoms with Crippen molar-refractivity contribution in [3.63, 3.8) is 0 Å². The number of anilines is 2. The largest absolute Gasteiger partial charge is 0.427 e. The highest BCUT2D eigenvalue weighted by Gasteiger charge is 2.00. The molecule has 0 fully saturated rings. The number of rotatable bonds is 3. The van der Waals surface area contributed by atoms with Crippen LogP contribution in [0.2, 0.25) is 0 Å². The van der Waals surface area contributed by atoms with E-state index in [4.69, 9.17) is 10.2 Å². The Morgan fingerprint density at radius 2 is 2.43 bits per heavy atom. The summed E-state index contributed by atoms with van der Waals surface area (Å²) in [6.45, 7) is 0.551. The molecule has 2 heterocycles. The number of nitrogens with zero attached hydrogens (tertiary/aromatic N) is 3. The quantitative estimate of drug-likeness (QED) is 0.746. The van der Waals surface area contributed by atoms with Crippen LogP contribution in [0.15, 0.2) is 23.0 Å². The van der Waals surface area contributed by atoms with Gasteiger partial charge in [-0.15, -0.1) is 0 Å². The van der Waals surface area contributed by atoms with Gasteiger partial charge in [0.05, 0.1) is 24.6 Å². The highest BCUT2D eigenvalue weighted by atomic mass is 16.4. The van der Waals surface area contributed by atoms with E-state index in [9.17, 15) is 0 Å². The van der Waals surface area contributed by atoms with E-state index in [1.165, 1.54) is 0 Å². The summed E-state index contributed by atoms with van der Waals surface area (Å²) >= 11 is 0. The summed E-state index contributed by atoms with van der Waals surface area (Å²) in [4.78, 5) is 3.78. The molecule has 0 amide bonds. The third-order valence-corrected chi connectivity index (χ3v) is 1.74. The number of aromatic nitrogens is 3. The van der Waals surface area contributed by atoms with Crippen molar-refractivity contribution in [2.75, 3.05) is 11.1 Å². The average molecular weight is 193 g/mol. The first kappa shape index (κ1) is 8.61. The van der Waals surface area contributed by atoms with Crippen molar-refractivity contribution in [1.82, 2.24) is 14.8 Å². The standard InChI is InChI=1S/C8H11N5O/c1-13-5-6(2-12-13)10-3-7-4-11-8(9)14-7/h2,4-5,10H,3H2,1H3,(H2,9,11). The van der Waals surface area contributed by atoms with Gasteiger partial charge < -0.3 is 15.5 Å². The number of nitrogens with one attached hydrogen (secondary N) is 1. The fourth-order valence-corrected chi connectivity index (χ4v) is 1.11. The molecule has 0 saturated heterocycles. The molecule has 14 heavy (non-hydrogen) atoms. The maximum Gasteiger partial charge on any atom is 0.292 e. The van der Waals surface area contributed by atoms with Crippen LogP contribution < -0.4 is 11.1 Å². The SMILES string of the molecule is Cn1cc(NCc2cnc(N)o2)cn1. The first-order valence-corrected chi connectivity index (χ1v) is 4.17. The number of hydrogen-bond donors (Lipinski definition) is 2. The zero-order valence-electron chi connectivity index (χ0n) is 7.77. The molecule has 0 aliphatic rings. The molecular formula is C8H11N5O. The molecule has 2 aromatic heterocycles. The van der Waals surface area contributed by atoms with Gasteiger partial charge in [0.1, 0.15) is 5.76 Å². The van der Waals surface area contributed by atoms with Gasteiger partial charge in [-0.25, -0.2) is 4.98 Å². The van der Waals surface area contributed by atoms with Crippen molar-refractivity contribution in [1.29, 1.82) is 0 Å². The molecule has 0 radical (unpaired) electrons. The molecule has 0 atom stereocenters. The maximum absolute atomic E-state index is 5.33. The Bertz CT molecular complexity index is 379. The molecule has 0 bridgehead atoms. The van der Waals surface area contributed by atoms with Gasteiger partial charge in [0.25, 0.3) is 6.01 Å². The molecule has 0 aliphatic carbocycles. The molecule has 3 N–H and O–H groups in total. The van der Waals surface area contributed by atoms with E-state index >= 15 is 0 Å². The van der Waals surface area contributed by atoms with E-state index in [2.05, 4.69) is 15.4 Å². The van der Waals surface area contributed by atoms with Crippen LogP contribution in [0.3, 0.4) is 0 Å². The number of nitrogen functional groups attached to an aromatic ring is 1. The number of oxazole rings is 1. The predicted octanol–water partition coefficient (Wildman–Crippen LogP) is 0.602. The summed E-state index contributed by atoms with van der Waals surface area (Å²) in [5.41, 5.74) is 6.26. The van der Waals surface area contributed by atoms with E-state index in [0.717, 1.165) is 5.69 Å². The zero-order chi connectivity index (χ0) is 9.97. The molecule has 0 saturated carbocycles. The van der Waals surface area contributed by atoms with Crippen molar-refractivity contribution in [2.45, 2.75) is 6.54 Å². The van der Waals surface area contributed by atoms with E-state index in [-0.39, 0.29) is 6.01 Å². The second kappa shape index (κ2) is 3.41. The van der Waals surface area contributed by atoms with Crippen molar-refractivity contribution in [2.24, 2.45) is 7.05 Å². The lowest BCUT2D eigenvalue weighted by Crippen LogP contribution is -1.96. The molecule has 0 unspecified atom stereocenters. The minimum Gasteiger partial charge on any atom is -0.427 e. The molecule has 0 spiro atoms. The maximum atomic E-state index is 5.33. The average Bonchev–Trinajstić information content (AvgIpc) is 2.72. The van der Waals surface area contributed by atoms with Crippen LogP contribution in [0.4, 0.5) is 11.7 Å². The Hall–Kier alpha value is -1.98. The van der Waals surface area contributed by atoms with E-state index < -0.39 is 0 Å². The normalized spacial score (nSPS) is 10.4. The summed E-state index contributed by atoms with van der Waals surface area (Å²) in [5, 5.41) is 7.14. The van der Waals surface area contributed by atoms with Crippen LogP contribution in [0.1, 0.15) is 5.76 Å². The van der Waals surface area contributed by atoms with Gasteiger partial charge in [-0.3, -0.25) is 4.68 Å². The fraction of sp³-hybridized carbons (Fsp3) is 0.250. The second-order valence-electron chi connectivity index (χ2n) is 2.92. The predicted molar refractivity (Wildman–Crippen MR) is 51.5 cm³/mol. The van der Waals surface area contributed by atoms with E-state index in [1.54, 1.807) is 17.1 Å². The third-order valence-electron chi connectivity index (χ3n) is 1.74. The van der Waals surface area contributed by atoms with Crippen LogP contribution in [-0.2, 0) is 13.6 Å². The van der Waals surface area contributed by atoms with Crippen LogP contribution in [0.25, 0.3) is 0 Å². The van der Waals surface area contributed by atoms with Gasteiger partial charge in [-0.2, -0.15) is 5.10 Å². The number of aryl methyl sites for hydroxylation is 1. The first-order valence-electron chi connectivity index (χ1n) is 4.17. The van der Waals surface area contributed by atoms with E-state index in [1.807, 2.05) is 13.2 Å². The summed E-state index contributed by atoms with van der Waals surface area (Å²) in [6.07, 6.45) is 5.21. The topological polar surface area (TPSA) is 81.9 Å². The van der Waals surface area contributed by atoms with E-state index in [0.29, 0.717) is 12.3 Å². The lowest BCUT2D eigenvalue weighted by Gasteiger charge is -1.98. The smallest absolute Gasteiger partial charge is 0.292 e. The summed E-state index contributed by atoms with van der Waals surface area (Å²) in [5.74, 6) is 0.700. The molecule has 0 aromatic carbocycles. The highest BCUT2D eigenvalue weighted by Crippen LogP contribution is 2.09. The van der Waals surface area contributed by atoms with Gasteiger partial charge in [0, 0.05) is 13.2 Å².